The Kier molecular flexibility index (Phi) is 7.86. The topological polar surface area (TPSA) is 6.48 Å². The van der Waals surface area contributed by atoms with Gasteiger partial charge in [-0.3, -0.25) is 0 Å². The predicted molar refractivity (Wildman–Crippen MR) is 115 cm³/mol. The summed E-state index contributed by atoms with van der Waals surface area (Å²) >= 11 is 0. The minimum Gasteiger partial charge on any atom is -0.305 e. The van der Waals surface area contributed by atoms with Gasteiger partial charge in [-0.05, 0) is 47.6 Å². The fourth-order valence-electron chi connectivity index (χ4n) is 5.30. The van der Waals surface area contributed by atoms with E-state index in [0.29, 0.717) is 21.7 Å². The summed E-state index contributed by atoms with van der Waals surface area (Å²) in [7, 11) is 4.46. The fourth-order valence-corrected chi connectivity index (χ4v) is 5.30. The van der Waals surface area contributed by atoms with Gasteiger partial charge in [-0.15, -0.1) is 0 Å². The van der Waals surface area contributed by atoms with Gasteiger partial charge in [0.2, 0.25) is 0 Å². The molecule has 0 radical (unpaired) electrons. The molecule has 2 aliphatic rings. The first-order valence-electron chi connectivity index (χ1n) is 9.96. The molecule has 2 atom stereocenters. The van der Waals surface area contributed by atoms with Crippen LogP contribution in [0.1, 0.15) is 76.7 Å². The zero-order chi connectivity index (χ0) is 19.1. The van der Waals surface area contributed by atoms with E-state index in [9.17, 15) is 0 Å². The molecule has 2 rings (SSSR count). The number of hydrogen-bond donors (Lipinski definition) is 0. The standard InChI is InChI=1S/2C11H23N.CH4/c2*1-9(2)11(5)8-12(6)7-10(11,3)4;/h2*9H,7-8H2,1-6H3;1H4/t2*11-;/m10./s1. The quantitative estimate of drug-likeness (QED) is 0.611. The second-order valence-corrected chi connectivity index (χ2v) is 11.3. The number of hydrogen-bond acceptors (Lipinski definition) is 2. The number of rotatable bonds is 2. The van der Waals surface area contributed by atoms with Crippen molar-refractivity contribution in [1.29, 1.82) is 0 Å². The summed E-state index contributed by atoms with van der Waals surface area (Å²) in [6.45, 7) is 28.8. The van der Waals surface area contributed by atoms with Gasteiger partial charge in [-0.2, -0.15) is 0 Å². The van der Waals surface area contributed by atoms with Crippen molar-refractivity contribution in [3.63, 3.8) is 0 Å². The monoisotopic (exact) mass is 354 g/mol. The zero-order valence-corrected chi connectivity index (χ0v) is 18.9. The number of likely N-dealkylation sites (tertiary alicyclic amines) is 2. The first kappa shape index (κ1) is 24.9. The molecule has 0 aromatic heterocycles. The van der Waals surface area contributed by atoms with Gasteiger partial charge in [0, 0.05) is 26.2 Å². The zero-order valence-electron chi connectivity index (χ0n) is 18.9. The normalized spacial score (nSPS) is 34.8. The first-order chi connectivity index (χ1) is 10.6. The van der Waals surface area contributed by atoms with Crippen LogP contribution in [-0.4, -0.2) is 50.1 Å². The van der Waals surface area contributed by atoms with Crippen molar-refractivity contribution in [2.75, 3.05) is 40.3 Å². The van der Waals surface area contributed by atoms with Gasteiger partial charge >= 0.3 is 0 Å². The van der Waals surface area contributed by atoms with E-state index < -0.39 is 0 Å². The van der Waals surface area contributed by atoms with Gasteiger partial charge in [-0.25, -0.2) is 0 Å². The van der Waals surface area contributed by atoms with Crippen LogP contribution in [0.2, 0.25) is 0 Å². The molecule has 2 heteroatoms. The fraction of sp³-hybridized carbons (Fsp3) is 1.00. The van der Waals surface area contributed by atoms with Crippen LogP contribution in [0.25, 0.3) is 0 Å². The van der Waals surface area contributed by atoms with E-state index in [1.165, 1.54) is 26.2 Å². The van der Waals surface area contributed by atoms with Crippen LogP contribution in [0.3, 0.4) is 0 Å². The molecule has 0 spiro atoms. The van der Waals surface area contributed by atoms with Crippen LogP contribution in [0.15, 0.2) is 0 Å². The third kappa shape index (κ3) is 4.61. The average Bonchev–Trinajstić information content (AvgIpc) is 2.70. The van der Waals surface area contributed by atoms with Crippen LogP contribution in [0.4, 0.5) is 0 Å². The minimum absolute atomic E-state index is 0. The summed E-state index contributed by atoms with van der Waals surface area (Å²) in [5.74, 6) is 1.55. The summed E-state index contributed by atoms with van der Waals surface area (Å²) in [6.07, 6.45) is 0. The average molecular weight is 355 g/mol. The lowest BCUT2D eigenvalue weighted by Crippen LogP contribution is -2.38. The smallest absolute Gasteiger partial charge is 0.00406 e. The lowest BCUT2D eigenvalue weighted by Gasteiger charge is -2.40. The molecule has 0 amide bonds. The molecular weight excluding hydrogens is 304 g/mol. The van der Waals surface area contributed by atoms with Crippen LogP contribution < -0.4 is 0 Å². The van der Waals surface area contributed by atoms with Gasteiger partial charge < -0.3 is 9.80 Å². The molecule has 25 heavy (non-hydrogen) atoms. The highest BCUT2D eigenvalue weighted by Crippen LogP contribution is 2.50. The molecule has 0 unspecified atom stereocenters. The third-order valence-corrected chi connectivity index (χ3v) is 8.17. The van der Waals surface area contributed by atoms with Crippen LogP contribution in [0.5, 0.6) is 0 Å². The van der Waals surface area contributed by atoms with Crippen molar-refractivity contribution in [2.45, 2.75) is 76.7 Å². The van der Waals surface area contributed by atoms with E-state index in [-0.39, 0.29) is 7.43 Å². The van der Waals surface area contributed by atoms with Gasteiger partial charge in [0.15, 0.2) is 0 Å². The van der Waals surface area contributed by atoms with E-state index in [4.69, 9.17) is 0 Å². The van der Waals surface area contributed by atoms with Crippen molar-refractivity contribution in [1.82, 2.24) is 9.80 Å². The maximum Gasteiger partial charge on any atom is 0.00406 e. The van der Waals surface area contributed by atoms with Crippen LogP contribution in [0, 0.1) is 33.5 Å². The molecule has 0 bridgehead atoms. The Morgan fingerprint density at radius 2 is 0.800 bits per heavy atom. The Balaban J connectivity index is 0.000000443. The summed E-state index contributed by atoms with van der Waals surface area (Å²) in [5.41, 5.74) is 1.91. The summed E-state index contributed by atoms with van der Waals surface area (Å²) in [5, 5.41) is 0. The van der Waals surface area contributed by atoms with Crippen molar-refractivity contribution in [2.24, 2.45) is 33.5 Å². The highest BCUT2D eigenvalue weighted by Gasteiger charge is 2.50. The van der Waals surface area contributed by atoms with E-state index in [2.05, 4.69) is 93.1 Å². The van der Waals surface area contributed by atoms with E-state index in [1.807, 2.05) is 0 Å². The molecule has 2 nitrogen and oxygen atoms in total. The highest BCUT2D eigenvalue weighted by atomic mass is 15.2. The van der Waals surface area contributed by atoms with Crippen molar-refractivity contribution < 1.29 is 0 Å². The molecule has 0 aromatic carbocycles. The predicted octanol–water partition coefficient (Wildman–Crippen LogP) is 5.88. The molecule has 0 aliphatic carbocycles. The van der Waals surface area contributed by atoms with Gasteiger partial charge in [-0.1, -0.05) is 76.7 Å². The molecule has 2 aliphatic heterocycles. The minimum atomic E-state index is 0. The van der Waals surface area contributed by atoms with Gasteiger partial charge in [0.25, 0.3) is 0 Å². The first-order valence-corrected chi connectivity index (χ1v) is 9.96. The maximum atomic E-state index is 2.46. The summed E-state index contributed by atoms with van der Waals surface area (Å²) in [4.78, 5) is 4.92. The Hall–Kier alpha value is -0.0800. The lowest BCUT2D eigenvalue weighted by atomic mass is 9.63. The molecule has 0 aromatic rings. The highest BCUT2D eigenvalue weighted by molar-refractivity contribution is 5.01. The van der Waals surface area contributed by atoms with Crippen LogP contribution in [-0.2, 0) is 0 Å². The van der Waals surface area contributed by atoms with Crippen molar-refractivity contribution in [3.05, 3.63) is 0 Å². The Morgan fingerprint density at radius 3 is 0.880 bits per heavy atom. The van der Waals surface area contributed by atoms with Gasteiger partial charge in [0.1, 0.15) is 0 Å². The molecule has 2 heterocycles. The van der Waals surface area contributed by atoms with E-state index in [0.717, 1.165) is 11.8 Å². The molecule has 2 fully saturated rings. The van der Waals surface area contributed by atoms with E-state index >= 15 is 0 Å². The van der Waals surface area contributed by atoms with E-state index in [1.54, 1.807) is 0 Å². The molecular formula is C23H50N2. The SMILES string of the molecule is C.CC(C)[C@@]1(C)CN(C)CC1(C)C.CC(C)[C@]1(C)CN(C)CC1(C)C. The Bertz CT molecular complexity index is 384. The third-order valence-electron chi connectivity index (χ3n) is 8.17. The van der Waals surface area contributed by atoms with Gasteiger partial charge in [0.05, 0.1) is 0 Å². The molecule has 0 saturated carbocycles. The van der Waals surface area contributed by atoms with Crippen molar-refractivity contribution >= 4 is 0 Å². The summed E-state index contributed by atoms with van der Waals surface area (Å²) in [6, 6.07) is 0. The Labute approximate surface area is 160 Å². The van der Waals surface area contributed by atoms with Crippen LogP contribution >= 0.6 is 0 Å². The second-order valence-electron chi connectivity index (χ2n) is 11.3. The molecule has 2 saturated heterocycles. The number of nitrogens with zero attached hydrogens (tertiary/aromatic N) is 2. The molecule has 0 N–H and O–H groups in total. The lowest BCUT2D eigenvalue weighted by molar-refractivity contribution is 0.0948. The largest absolute Gasteiger partial charge is 0.305 e. The van der Waals surface area contributed by atoms with Crippen molar-refractivity contribution in [3.8, 4) is 0 Å². The second kappa shape index (κ2) is 7.89. The molecule has 152 valence electrons. The maximum absolute atomic E-state index is 2.46. The Morgan fingerprint density at radius 1 is 0.560 bits per heavy atom. The summed E-state index contributed by atoms with van der Waals surface area (Å²) < 4.78 is 0.